The lowest BCUT2D eigenvalue weighted by atomic mass is 10.1. The number of nitrogens with one attached hydrogen (secondary N) is 1. The van der Waals surface area contributed by atoms with Crippen molar-refractivity contribution in [3.63, 3.8) is 0 Å². The molecule has 0 atom stereocenters. The van der Waals surface area contributed by atoms with Crippen molar-refractivity contribution in [2.75, 3.05) is 6.54 Å². The maximum Gasteiger partial charge on any atom is 0.254 e. The number of halogens is 1. The van der Waals surface area contributed by atoms with Gasteiger partial charge in [0.05, 0.1) is 23.5 Å². The lowest BCUT2D eigenvalue weighted by molar-refractivity contribution is -0.133. The molecule has 0 spiro atoms. The molecule has 1 amide bonds. The Bertz CT molecular complexity index is 1010. The molecule has 132 valence electrons. The van der Waals surface area contributed by atoms with E-state index < -0.39 is 0 Å². The number of fused-ring (bicyclic) bond motifs is 1. The molecular weight excluding hydrogens is 356 g/mol. The van der Waals surface area contributed by atoms with E-state index in [1.54, 1.807) is 29.6 Å². The summed E-state index contributed by atoms with van der Waals surface area (Å²) in [5.41, 5.74) is 1.80. The summed E-state index contributed by atoms with van der Waals surface area (Å²) in [6, 6.07) is 3.60. The molecule has 0 saturated heterocycles. The van der Waals surface area contributed by atoms with Gasteiger partial charge in [-0.15, -0.1) is 0 Å². The van der Waals surface area contributed by atoms with Crippen molar-refractivity contribution in [1.29, 1.82) is 0 Å². The van der Waals surface area contributed by atoms with Gasteiger partial charge in [0.1, 0.15) is 12.4 Å². The molecule has 1 aliphatic heterocycles. The van der Waals surface area contributed by atoms with Crippen molar-refractivity contribution in [3.8, 4) is 11.4 Å². The summed E-state index contributed by atoms with van der Waals surface area (Å²) in [5, 5.41) is 4.50. The van der Waals surface area contributed by atoms with Crippen LogP contribution in [0.3, 0.4) is 0 Å². The van der Waals surface area contributed by atoms with E-state index in [1.807, 2.05) is 6.07 Å². The average Bonchev–Trinajstić information content (AvgIpc) is 3.06. The van der Waals surface area contributed by atoms with Crippen LogP contribution >= 0.6 is 11.6 Å². The molecule has 9 heteroatoms. The van der Waals surface area contributed by atoms with Crippen LogP contribution in [0.15, 0.2) is 41.7 Å². The average molecular weight is 371 g/mol. The molecule has 26 heavy (non-hydrogen) atoms. The summed E-state index contributed by atoms with van der Waals surface area (Å²) < 4.78 is 1.49. The smallest absolute Gasteiger partial charge is 0.254 e. The Hall–Kier alpha value is -3.00. The highest BCUT2D eigenvalue weighted by Gasteiger charge is 2.25. The largest absolute Gasteiger partial charge is 0.335 e. The second-order valence-corrected chi connectivity index (χ2v) is 6.44. The molecule has 3 aromatic rings. The second-order valence-electron chi connectivity index (χ2n) is 6.00. The molecule has 0 saturated carbocycles. The van der Waals surface area contributed by atoms with Gasteiger partial charge < -0.3 is 9.88 Å². The van der Waals surface area contributed by atoms with Crippen LogP contribution in [0.4, 0.5) is 0 Å². The number of carbonyl (C=O) groups is 1. The number of amides is 1. The van der Waals surface area contributed by atoms with Crippen molar-refractivity contribution in [1.82, 2.24) is 29.6 Å². The molecular formula is C17H15ClN6O2. The van der Waals surface area contributed by atoms with E-state index in [2.05, 4.69) is 20.1 Å². The van der Waals surface area contributed by atoms with Gasteiger partial charge in [-0.2, -0.15) is 5.10 Å². The van der Waals surface area contributed by atoms with E-state index in [1.165, 1.54) is 10.9 Å². The van der Waals surface area contributed by atoms with Gasteiger partial charge in [0.2, 0.25) is 5.91 Å². The Balaban J connectivity index is 1.58. The summed E-state index contributed by atoms with van der Waals surface area (Å²) in [6.07, 6.45) is 6.85. The zero-order chi connectivity index (χ0) is 18.1. The summed E-state index contributed by atoms with van der Waals surface area (Å²) in [6.45, 7) is 0.860. The minimum Gasteiger partial charge on any atom is -0.335 e. The van der Waals surface area contributed by atoms with Gasteiger partial charge in [-0.1, -0.05) is 11.6 Å². The molecule has 1 aliphatic rings. The maximum absolute atomic E-state index is 12.5. The molecule has 0 fully saturated rings. The zero-order valence-electron chi connectivity index (χ0n) is 13.7. The van der Waals surface area contributed by atoms with Crippen LogP contribution in [0.5, 0.6) is 0 Å². The Morgan fingerprint density at radius 3 is 2.96 bits per heavy atom. The van der Waals surface area contributed by atoms with Crippen molar-refractivity contribution < 1.29 is 4.79 Å². The summed E-state index contributed by atoms with van der Waals surface area (Å²) in [5.74, 6) is 0.357. The first-order valence-electron chi connectivity index (χ1n) is 8.08. The highest BCUT2D eigenvalue weighted by Crippen LogP contribution is 2.18. The normalized spacial score (nSPS) is 13.5. The molecule has 4 heterocycles. The standard InChI is InChI=1S/C17H15ClN6O2/c18-12-7-20-24(8-12)10-15(25)23-5-3-13-14(9-23)21-16(22-17(13)26)11-2-1-4-19-6-11/h1-2,4,6-8H,3,5,9-10H2,(H,21,22,26). The summed E-state index contributed by atoms with van der Waals surface area (Å²) in [7, 11) is 0. The fourth-order valence-corrected chi connectivity index (χ4v) is 3.11. The topological polar surface area (TPSA) is 96.8 Å². The Morgan fingerprint density at radius 2 is 2.23 bits per heavy atom. The van der Waals surface area contributed by atoms with Crippen LogP contribution in [0, 0.1) is 0 Å². The van der Waals surface area contributed by atoms with Crippen molar-refractivity contribution >= 4 is 17.5 Å². The number of nitrogens with zero attached hydrogens (tertiary/aromatic N) is 5. The van der Waals surface area contributed by atoms with E-state index in [4.69, 9.17) is 11.6 Å². The lowest BCUT2D eigenvalue weighted by Gasteiger charge is -2.27. The fourth-order valence-electron chi connectivity index (χ4n) is 2.96. The van der Waals surface area contributed by atoms with Gasteiger partial charge in [0.15, 0.2) is 0 Å². The third-order valence-electron chi connectivity index (χ3n) is 4.26. The highest BCUT2D eigenvalue weighted by atomic mass is 35.5. The van der Waals surface area contributed by atoms with E-state index in [-0.39, 0.29) is 18.0 Å². The number of hydrogen-bond donors (Lipinski definition) is 1. The van der Waals surface area contributed by atoms with Crippen LogP contribution in [-0.2, 0) is 24.3 Å². The summed E-state index contributed by atoms with van der Waals surface area (Å²) >= 11 is 5.83. The molecule has 0 bridgehead atoms. The van der Waals surface area contributed by atoms with Crippen LogP contribution in [-0.4, -0.2) is 42.1 Å². The molecule has 8 nitrogen and oxygen atoms in total. The minimum absolute atomic E-state index is 0.0968. The molecule has 3 aromatic heterocycles. The maximum atomic E-state index is 12.5. The first-order valence-corrected chi connectivity index (χ1v) is 8.46. The third-order valence-corrected chi connectivity index (χ3v) is 4.46. The number of rotatable bonds is 3. The molecule has 0 radical (unpaired) electrons. The second kappa shape index (κ2) is 6.72. The first-order chi connectivity index (χ1) is 12.6. The number of hydrogen-bond acceptors (Lipinski definition) is 5. The SMILES string of the molecule is O=C(Cn1cc(Cl)cn1)N1CCc2c(nc(-c3cccnc3)[nH]c2=O)C1. The molecule has 0 aromatic carbocycles. The van der Waals surface area contributed by atoms with Crippen molar-refractivity contribution in [2.45, 2.75) is 19.5 Å². The minimum atomic E-state index is -0.167. The van der Waals surface area contributed by atoms with E-state index >= 15 is 0 Å². The molecule has 0 aliphatic carbocycles. The van der Waals surface area contributed by atoms with Crippen LogP contribution < -0.4 is 5.56 Å². The van der Waals surface area contributed by atoms with Gasteiger partial charge in [-0.25, -0.2) is 4.98 Å². The van der Waals surface area contributed by atoms with Gasteiger partial charge in [0.25, 0.3) is 5.56 Å². The van der Waals surface area contributed by atoms with Gasteiger partial charge in [-0.3, -0.25) is 19.3 Å². The summed E-state index contributed by atoms with van der Waals surface area (Å²) in [4.78, 5) is 38.0. The third kappa shape index (κ3) is 3.23. The lowest BCUT2D eigenvalue weighted by Crippen LogP contribution is -2.40. The van der Waals surface area contributed by atoms with Gasteiger partial charge in [-0.05, 0) is 18.6 Å². The fraction of sp³-hybridized carbons (Fsp3) is 0.235. The number of carbonyl (C=O) groups excluding carboxylic acids is 1. The van der Waals surface area contributed by atoms with E-state index in [0.717, 1.165) is 5.56 Å². The Kier molecular flexibility index (Phi) is 4.26. The number of aromatic amines is 1. The predicted octanol–water partition coefficient (Wildman–Crippen LogP) is 1.27. The molecule has 1 N–H and O–H groups in total. The van der Waals surface area contributed by atoms with Crippen molar-refractivity contribution in [2.24, 2.45) is 0 Å². The Labute approximate surface area is 153 Å². The quantitative estimate of drug-likeness (QED) is 0.748. The van der Waals surface area contributed by atoms with E-state index in [9.17, 15) is 9.59 Å². The number of H-pyrrole nitrogens is 1. The predicted molar refractivity (Wildman–Crippen MR) is 94.4 cm³/mol. The highest BCUT2D eigenvalue weighted by molar-refractivity contribution is 6.30. The zero-order valence-corrected chi connectivity index (χ0v) is 14.5. The molecule has 0 unspecified atom stereocenters. The van der Waals surface area contributed by atoms with Crippen LogP contribution in [0.25, 0.3) is 11.4 Å². The van der Waals surface area contributed by atoms with Gasteiger partial charge >= 0.3 is 0 Å². The van der Waals surface area contributed by atoms with Crippen molar-refractivity contribution in [3.05, 3.63) is 63.6 Å². The van der Waals surface area contributed by atoms with Crippen LogP contribution in [0.1, 0.15) is 11.3 Å². The monoisotopic (exact) mass is 370 g/mol. The number of pyridine rings is 1. The first kappa shape index (κ1) is 16.5. The Morgan fingerprint density at radius 1 is 1.35 bits per heavy atom. The van der Waals surface area contributed by atoms with E-state index in [0.29, 0.717) is 41.6 Å². The molecule has 4 rings (SSSR count). The van der Waals surface area contributed by atoms with Crippen LogP contribution in [0.2, 0.25) is 5.02 Å². The van der Waals surface area contributed by atoms with Gasteiger partial charge in [0, 0.05) is 36.3 Å². The number of aromatic nitrogens is 5.